The molecule has 1 aliphatic rings. The Bertz CT molecular complexity index is 400. The van der Waals surface area contributed by atoms with Crippen LogP contribution >= 0.6 is 0 Å². The highest BCUT2D eigenvalue weighted by molar-refractivity contribution is 5.91. The maximum atomic E-state index is 10.9. The molecule has 0 radical (unpaired) electrons. The highest BCUT2D eigenvalue weighted by atomic mass is 16.5. The zero-order chi connectivity index (χ0) is 11.0. The molecule has 1 aromatic carbocycles. The lowest BCUT2D eigenvalue weighted by Crippen LogP contribution is -2.24. The van der Waals surface area contributed by atoms with Gasteiger partial charge in [-0.3, -0.25) is 0 Å². The first-order valence-electron chi connectivity index (χ1n) is 4.80. The van der Waals surface area contributed by atoms with Crippen LogP contribution in [-0.2, 0) is 0 Å². The summed E-state index contributed by atoms with van der Waals surface area (Å²) in [7, 11) is 0. The van der Waals surface area contributed by atoms with Crippen molar-refractivity contribution in [1.82, 2.24) is 0 Å². The minimum absolute atomic E-state index is 0.109. The first-order valence-corrected chi connectivity index (χ1v) is 4.80. The highest BCUT2D eigenvalue weighted by Gasteiger charge is 2.27. The molecule has 4 nitrogen and oxygen atoms in total. The number of hydrogen-bond donors (Lipinski definition) is 2. The number of carboxylic acids is 1. The second-order valence-corrected chi connectivity index (χ2v) is 3.71. The van der Waals surface area contributed by atoms with Crippen LogP contribution in [0.15, 0.2) is 18.2 Å². The van der Waals surface area contributed by atoms with Crippen LogP contribution in [0.3, 0.4) is 0 Å². The van der Waals surface area contributed by atoms with Crippen LogP contribution in [0.25, 0.3) is 0 Å². The van der Waals surface area contributed by atoms with Gasteiger partial charge in [0.2, 0.25) is 0 Å². The summed E-state index contributed by atoms with van der Waals surface area (Å²) >= 11 is 0. The van der Waals surface area contributed by atoms with Gasteiger partial charge in [0, 0.05) is 12.0 Å². The number of benzene rings is 1. The number of carboxylic acid groups (broad SMARTS) is 1. The normalized spacial score (nSPS) is 24.1. The van der Waals surface area contributed by atoms with Crippen LogP contribution < -0.4 is 4.74 Å². The van der Waals surface area contributed by atoms with Gasteiger partial charge in [-0.25, -0.2) is 4.79 Å². The first kappa shape index (κ1) is 9.98. The van der Waals surface area contributed by atoms with E-state index in [2.05, 4.69) is 0 Å². The first-order chi connectivity index (χ1) is 7.09. The summed E-state index contributed by atoms with van der Waals surface area (Å²) in [6.45, 7) is 1.81. The van der Waals surface area contributed by atoms with Crippen LogP contribution in [0.4, 0.5) is 0 Å². The van der Waals surface area contributed by atoms with E-state index in [0.29, 0.717) is 17.7 Å². The third kappa shape index (κ3) is 1.68. The lowest BCUT2D eigenvalue weighted by Gasteiger charge is -2.28. The van der Waals surface area contributed by atoms with Gasteiger partial charge < -0.3 is 14.9 Å². The lowest BCUT2D eigenvalue weighted by molar-refractivity contribution is 0.0637. The monoisotopic (exact) mass is 208 g/mol. The maximum absolute atomic E-state index is 10.9. The summed E-state index contributed by atoms with van der Waals surface area (Å²) < 4.78 is 5.45. The predicted octanol–water partition coefficient (Wildman–Crippen LogP) is 1.59. The van der Waals surface area contributed by atoms with Crippen molar-refractivity contribution in [3.8, 4) is 5.75 Å². The Hall–Kier alpha value is -1.55. The molecule has 2 N–H and O–H groups in total. The van der Waals surface area contributed by atoms with Gasteiger partial charge in [-0.1, -0.05) is 12.1 Å². The molecule has 2 unspecified atom stereocenters. The third-order valence-corrected chi connectivity index (χ3v) is 2.51. The molecule has 0 aromatic heterocycles. The summed E-state index contributed by atoms with van der Waals surface area (Å²) in [5.41, 5.74) is 0.672. The Morgan fingerprint density at radius 3 is 2.93 bits per heavy atom. The lowest BCUT2D eigenvalue weighted by atomic mass is 9.97. The fourth-order valence-corrected chi connectivity index (χ4v) is 1.81. The molecule has 1 heterocycles. The molecule has 1 aliphatic heterocycles. The number of para-hydroxylation sites is 1. The molecule has 1 aromatic rings. The minimum atomic E-state index is -1.03. The molecule has 2 rings (SSSR count). The van der Waals surface area contributed by atoms with Crippen molar-refractivity contribution in [3.05, 3.63) is 29.3 Å². The molecule has 2 atom stereocenters. The zero-order valence-electron chi connectivity index (χ0n) is 8.30. The van der Waals surface area contributed by atoms with Gasteiger partial charge in [-0.2, -0.15) is 0 Å². The van der Waals surface area contributed by atoms with Gasteiger partial charge in [0.1, 0.15) is 11.3 Å². The Kier molecular flexibility index (Phi) is 2.36. The SMILES string of the molecule is CC1CC(O)c2cccc(C(=O)O)c2O1. The molecule has 0 spiro atoms. The van der Waals surface area contributed by atoms with E-state index in [1.165, 1.54) is 6.07 Å². The van der Waals surface area contributed by atoms with Crippen molar-refractivity contribution in [2.45, 2.75) is 25.6 Å². The number of carbonyl (C=O) groups is 1. The third-order valence-electron chi connectivity index (χ3n) is 2.51. The van der Waals surface area contributed by atoms with E-state index in [9.17, 15) is 9.90 Å². The minimum Gasteiger partial charge on any atom is -0.489 e. The Morgan fingerprint density at radius 1 is 1.53 bits per heavy atom. The van der Waals surface area contributed by atoms with Crippen LogP contribution in [0.5, 0.6) is 5.75 Å². The van der Waals surface area contributed by atoms with E-state index in [4.69, 9.17) is 9.84 Å². The fourth-order valence-electron chi connectivity index (χ4n) is 1.81. The molecule has 0 saturated heterocycles. The molecule has 4 heteroatoms. The topological polar surface area (TPSA) is 66.8 Å². The molecule has 0 bridgehead atoms. The number of aliphatic hydroxyl groups is 1. The van der Waals surface area contributed by atoms with E-state index in [-0.39, 0.29) is 11.7 Å². The van der Waals surface area contributed by atoms with E-state index in [1.54, 1.807) is 12.1 Å². The van der Waals surface area contributed by atoms with Gasteiger partial charge in [-0.15, -0.1) is 0 Å². The summed E-state index contributed by atoms with van der Waals surface area (Å²) in [4.78, 5) is 10.9. The molecule has 0 fully saturated rings. The number of aromatic carboxylic acids is 1. The van der Waals surface area contributed by atoms with Crippen molar-refractivity contribution < 1.29 is 19.7 Å². The van der Waals surface area contributed by atoms with Gasteiger partial charge in [0.25, 0.3) is 0 Å². The fraction of sp³-hybridized carbons (Fsp3) is 0.364. The second-order valence-electron chi connectivity index (χ2n) is 3.71. The molecular weight excluding hydrogens is 196 g/mol. The number of fused-ring (bicyclic) bond motifs is 1. The van der Waals surface area contributed by atoms with E-state index in [0.717, 1.165) is 0 Å². The summed E-state index contributed by atoms with van der Waals surface area (Å²) in [6.07, 6.45) is -0.299. The van der Waals surface area contributed by atoms with Gasteiger partial charge >= 0.3 is 5.97 Å². The molecule has 0 aliphatic carbocycles. The standard InChI is InChI=1S/C11H12O4/c1-6-5-9(12)7-3-2-4-8(11(13)14)10(7)15-6/h2-4,6,9,12H,5H2,1H3,(H,13,14). The van der Waals surface area contributed by atoms with Gasteiger partial charge in [0.15, 0.2) is 0 Å². The number of rotatable bonds is 1. The molecule has 0 amide bonds. The van der Waals surface area contributed by atoms with Crippen molar-refractivity contribution in [3.63, 3.8) is 0 Å². The Labute approximate surface area is 87.1 Å². The summed E-state index contributed by atoms with van der Waals surface area (Å²) in [6, 6.07) is 4.79. The summed E-state index contributed by atoms with van der Waals surface area (Å²) in [5.74, 6) is -0.732. The molecule has 0 saturated carbocycles. The zero-order valence-corrected chi connectivity index (χ0v) is 8.30. The maximum Gasteiger partial charge on any atom is 0.339 e. The molecule has 80 valence electrons. The Balaban J connectivity index is 2.54. The van der Waals surface area contributed by atoms with Crippen LogP contribution in [0.2, 0.25) is 0 Å². The van der Waals surface area contributed by atoms with E-state index >= 15 is 0 Å². The van der Waals surface area contributed by atoms with Crippen LogP contribution in [0.1, 0.15) is 35.4 Å². The van der Waals surface area contributed by atoms with Crippen LogP contribution in [0, 0.1) is 0 Å². The van der Waals surface area contributed by atoms with Gasteiger partial charge in [-0.05, 0) is 13.0 Å². The van der Waals surface area contributed by atoms with E-state index in [1.807, 2.05) is 6.92 Å². The van der Waals surface area contributed by atoms with Crippen molar-refractivity contribution in [2.24, 2.45) is 0 Å². The smallest absolute Gasteiger partial charge is 0.339 e. The number of aliphatic hydroxyl groups excluding tert-OH is 1. The quantitative estimate of drug-likeness (QED) is 0.735. The predicted molar refractivity (Wildman–Crippen MR) is 53.1 cm³/mol. The van der Waals surface area contributed by atoms with Crippen molar-refractivity contribution >= 4 is 5.97 Å². The molecular formula is C11H12O4. The molecule has 15 heavy (non-hydrogen) atoms. The average molecular weight is 208 g/mol. The highest BCUT2D eigenvalue weighted by Crippen LogP contribution is 2.37. The number of hydrogen-bond acceptors (Lipinski definition) is 3. The van der Waals surface area contributed by atoms with Crippen LogP contribution in [-0.4, -0.2) is 22.3 Å². The number of ether oxygens (including phenoxy) is 1. The van der Waals surface area contributed by atoms with Gasteiger partial charge in [0.05, 0.1) is 12.2 Å². The van der Waals surface area contributed by atoms with Crippen molar-refractivity contribution in [2.75, 3.05) is 0 Å². The van der Waals surface area contributed by atoms with Crippen molar-refractivity contribution in [1.29, 1.82) is 0 Å². The largest absolute Gasteiger partial charge is 0.489 e. The Morgan fingerprint density at radius 2 is 2.27 bits per heavy atom. The second kappa shape index (κ2) is 3.55. The summed E-state index contributed by atoms with van der Waals surface area (Å²) in [5, 5.41) is 18.7. The average Bonchev–Trinajstić information content (AvgIpc) is 2.16. The van der Waals surface area contributed by atoms with E-state index < -0.39 is 12.1 Å².